The van der Waals surface area contributed by atoms with E-state index >= 15 is 0 Å². The molecule has 1 amide bonds. The Morgan fingerprint density at radius 2 is 1.92 bits per heavy atom. The summed E-state index contributed by atoms with van der Waals surface area (Å²) in [6, 6.07) is 7.45. The number of para-hydroxylation sites is 1. The summed E-state index contributed by atoms with van der Waals surface area (Å²) >= 11 is 0. The highest BCUT2D eigenvalue weighted by molar-refractivity contribution is 5.91. The topological polar surface area (TPSA) is 73.5 Å². The molecule has 0 atom stereocenters. The number of likely N-dealkylation sites (N-methyl/N-ethyl adjacent to an activating group) is 1. The van der Waals surface area contributed by atoms with Crippen LogP contribution in [0.3, 0.4) is 0 Å². The predicted octanol–water partition coefficient (Wildman–Crippen LogP) is 0.764. The molecular formula is C18H21N3O4. The Hall–Kier alpha value is -3.09. The van der Waals surface area contributed by atoms with Crippen LogP contribution in [-0.2, 0) is 25.4 Å². The third kappa shape index (κ3) is 4.06. The van der Waals surface area contributed by atoms with Crippen LogP contribution >= 0.6 is 0 Å². The van der Waals surface area contributed by atoms with Gasteiger partial charge in [-0.1, -0.05) is 18.2 Å². The molecule has 0 radical (unpaired) electrons. The lowest BCUT2D eigenvalue weighted by Gasteiger charge is -2.17. The molecule has 7 nitrogen and oxygen atoms in total. The minimum atomic E-state index is -0.445. The van der Waals surface area contributed by atoms with Crippen molar-refractivity contribution in [2.75, 3.05) is 14.2 Å². The molecule has 2 rings (SSSR count). The second kappa shape index (κ2) is 7.65. The summed E-state index contributed by atoms with van der Waals surface area (Å²) in [5, 5.41) is 0. The van der Waals surface area contributed by atoms with Gasteiger partial charge in [0.2, 0.25) is 5.91 Å². The number of aromatic nitrogens is 2. The SMILES string of the molecule is COc1ccccc1CN(C)C(=O)/C=C/c1cn(C)c(=O)n(C)c1=O. The summed E-state index contributed by atoms with van der Waals surface area (Å²) in [5.41, 5.74) is 0.289. The van der Waals surface area contributed by atoms with Crippen LogP contribution in [0.25, 0.3) is 6.08 Å². The molecule has 0 N–H and O–H groups in total. The monoisotopic (exact) mass is 343 g/mol. The highest BCUT2D eigenvalue weighted by atomic mass is 16.5. The number of hydrogen-bond donors (Lipinski definition) is 0. The third-order valence-electron chi connectivity index (χ3n) is 3.85. The van der Waals surface area contributed by atoms with Gasteiger partial charge in [-0.25, -0.2) is 4.79 Å². The first-order chi connectivity index (χ1) is 11.8. The first-order valence-electron chi connectivity index (χ1n) is 7.67. The highest BCUT2D eigenvalue weighted by Crippen LogP contribution is 2.18. The third-order valence-corrected chi connectivity index (χ3v) is 3.85. The van der Waals surface area contributed by atoms with Gasteiger partial charge >= 0.3 is 5.69 Å². The Morgan fingerprint density at radius 1 is 1.24 bits per heavy atom. The van der Waals surface area contributed by atoms with Crippen LogP contribution in [0.5, 0.6) is 5.75 Å². The summed E-state index contributed by atoms with van der Waals surface area (Å²) < 4.78 is 7.57. The first-order valence-corrected chi connectivity index (χ1v) is 7.67. The number of nitrogens with zero attached hydrogens (tertiary/aromatic N) is 3. The Morgan fingerprint density at radius 3 is 2.60 bits per heavy atom. The molecule has 0 aliphatic rings. The van der Waals surface area contributed by atoms with Gasteiger partial charge in [-0.2, -0.15) is 0 Å². The van der Waals surface area contributed by atoms with Crippen molar-refractivity contribution in [1.29, 1.82) is 0 Å². The number of ether oxygens (including phenoxy) is 1. The number of carbonyl (C=O) groups excluding carboxylic acids is 1. The lowest BCUT2D eigenvalue weighted by molar-refractivity contribution is -0.125. The second-order valence-corrected chi connectivity index (χ2v) is 5.68. The van der Waals surface area contributed by atoms with E-state index in [4.69, 9.17) is 4.74 Å². The zero-order chi connectivity index (χ0) is 18.6. The highest BCUT2D eigenvalue weighted by Gasteiger charge is 2.10. The fraction of sp³-hybridized carbons (Fsp3) is 0.278. The van der Waals surface area contributed by atoms with Crippen LogP contribution < -0.4 is 16.0 Å². The van der Waals surface area contributed by atoms with E-state index in [0.717, 1.165) is 10.1 Å². The number of amides is 1. The maximum Gasteiger partial charge on any atom is 0.330 e. The van der Waals surface area contributed by atoms with Gasteiger partial charge in [0.05, 0.1) is 12.7 Å². The molecule has 0 saturated carbocycles. The zero-order valence-corrected chi connectivity index (χ0v) is 14.7. The number of carbonyl (C=O) groups is 1. The van der Waals surface area contributed by atoms with Crippen LogP contribution in [0, 0.1) is 0 Å². The summed E-state index contributed by atoms with van der Waals surface area (Å²) in [6.07, 6.45) is 4.15. The van der Waals surface area contributed by atoms with Gasteiger partial charge < -0.3 is 14.2 Å². The summed E-state index contributed by atoms with van der Waals surface area (Å²) in [6.45, 7) is 0.373. The van der Waals surface area contributed by atoms with Crippen LogP contribution in [0.2, 0.25) is 0 Å². The van der Waals surface area contributed by atoms with Crippen molar-refractivity contribution >= 4 is 12.0 Å². The largest absolute Gasteiger partial charge is 0.496 e. The van der Waals surface area contributed by atoms with Crippen LogP contribution in [-0.4, -0.2) is 34.1 Å². The summed E-state index contributed by atoms with van der Waals surface area (Å²) in [7, 11) is 6.19. The van der Waals surface area contributed by atoms with Crippen molar-refractivity contribution in [2.24, 2.45) is 14.1 Å². The van der Waals surface area contributed by atoms with Crippen molar-refractivity contribution in [2.45, 2.75) is 6.54 Å². The molecule has 1 aromatic carbocycles. The number of hydrogen-bond acceptors (Lipinski definition) is 4. The smallest absolute Gasteiger partial charge is 0.330 e. The van der Waals surface area contributed by atoms with Gasteiger partial charge in [-0.3, -0.25) is 14.2 Å². The van der Waals surface area contributed by atoms with E-state index < -0.39 is 11.2 Å². The zero-order valence-electron chi connectivity index (χ0n) is 14.7. The molecule has 0 bridgehead atoms. The molecule has 2 aromatic rings. The average Bonchev–Trinajstić information content (AvgIpc) is 2.61. The number of aryl methyl sites for hydroxylation is 1. The van der Waals surface area contributed by atoms with E-state index in [1.54, 1.807) is 21.2 Å². The van der Waals surface area contributed by atoms with E-state index in [1.807, 2.05) is 24.3 Å². The molecule has 0 aliphatic heterocycles. The number of benzene rings is 1. The minimum Gasteiger partial charge on any atom is -0.496 e. The maximum atomic E-state index is 12.3. The molecule has 0 unspecified atom stereocenters. The fourth-order valence-electron chi connectivity index (χ4n) is 2.41. The van der Waals surface area contributed by atoms with E-state index in [2.05, 4.69) is 0 Å². The number of methoxy groups -OCH3 is 1. The fourth-order valence-corrected chi connectivity index (χ4v) is 2.41. The van der Waals surface area contributed by atoms with Crippen molar-refractivity contribution < 1.29 is 9.53 Å². The molecule has 7 heteroatoms. The molecule has 1 aromatic heterocycles. The van der Waals surface area contributed by atoms with Crippen LogP contribution in [0.15, 0.2) is 46.1 Å². The van der Waals surface area contributed by atoms with Crippen molar-refractivity contribution in [3.8, 4) is 5.75 Å². The molecule has 132 valence electrons. The molecule has 0 saturated heterocycles. The standard InChI is InChI=1S/C18H21N3O4/c1-19(11-13-7-5-6-8-15(13)25-4)16(22)10-9-14-12-20(2)18(24)21(3)17(14)23/h5-10,12H,11H2,1-4H3/b10-9+. The Balaban J connectivity index is 2.18. The Kier molecular flexibility index (Phi) is 5.59. The Bertz CT molecular complexity index is 925. The number of rotatable bonds is 5. The molecule has 25 heavy (non-hydrogen) atoms. The molecule has 1 heterocycles. The second-order valence-electron chi connectivity index (χ2n) is 5.68. The van der Waals surface area contributed by atoms with Gasteiger partial charge in [0.25, 0.3) is 5.56 Å². The molecule has 0 fully saturated rings. The van der Waals surface area contributed by atoms with Crippen LogP contribution in [0.1, 0.15) is 11.1 Å². The molecule has 0 aliphatic carbocycles. The van der Waals surface area contributed by atoms with Gasteiger partial charge in [0.1, 0.15) is 5.75 Å². The average molecular weight is 343 g/mol. The van der Waals surface area contributed by atoms with E-state index in [9.17, 15) is 14.4 Å². The Labute approximate surface area is 145 Å². The lowest BCUT2D eigenvalue weighted by atomic mass is 10.2. The quantitative estimate of drug-likeness (QED) is 0.752. The molecule has 0 spiro atoms. The van der Waals surface area contributed by atoms with Gasteiger partial charge in [-0.05, 0) is 12.1 Å². The minimum absolute atomic E-state index is 0.262. The summed E-state index contributed by atoms with van der Waals surface area (Å²) in [4.78, 5) is 37.5. The first kappa shape index (κ1) is 18.3. The molecular weight excluding hydrogens is 322 g/mol. The van der Waals surface area contributed by atoms with E-state index in [1.165, 1.54) is 34.9 Å². The summed E-state index contributed by atoms with van der Waals surface area (Å²) in [5.74, 6) is 0.444. The van der Waals surface area contributed by atoms with Gasteiger partial charge in [0.15, 0.2) is 0 Å². The van der Waals surface area contributed by atoms with E-state index in [-0.39, 0.29) is 11.5 Å². The lowest BCUT2D eigenvalue weighted by Crippen LogP contribution is -2.37. The van der Waals surface area contributed by atoms with Crippen molar-refractivity contribution in [3.63, 3.8) is 0 Å². The normalized spacial score (nSPS) is 10.9. The van der Waals surface area contributed by atoms with Crippen molar-refractivity contribution in [1.82, 2.24) is 14.0 Å². The van der Waals surface area contributed by atoms with Gasteiger partial charge in [-0.15, -0.1) is 0 Å². The van der Waals surface area contributed by atoms with Crippen molar-refractivity contribution in [3.05, 3.63) is 68.5 Å². The van der Waals surface area contributed by atoms with Crippen LogP contribution in [0.4, 0.5) is 0 Å². The predicted molar refractivity (Wildman–Crippen MR) is 95.4 cm³/mol. The maximum absolute atomic E-state index is 12.3. The van der Waals surface area contributed by atoms with Gasteiger partial charge in [0, 0.05) is 45.5 Å². The van der Waals surface area contributed by atoms with E-state index in [0.29, 0.717) is 12.3 Å².